The molecule has 5 heteroatoms. The van der Waals surface area contributed by atoms with Crippen LogP contribution in [-0.2, 0) is 9.53 Å². The molecule has 1 aliphatic heterocycles. The molecule has 0 bridgehead atoms. The van der Waals surface area contributed by atoms with E-state index < -0.39 is 6.23 Å². The van der Waals surface area contributed by atoms with Gasteiger partial charge in [-0.1, -0.05) is 96.8 Å². The van der Waals surface area contributed by atoms with Crippen molar-refractivity contribution in [3.8, 4) is 0 Å². The van der Waals surface area contributed by atoms with E-state index in [0.717, 1.165) is 25.9 Å². The van der Waals surface area contributed by atoms with Crippen LogP contribution in [0.25, 0.3) is 0 Å². The van der Waals surface area contributed by atoms with Crippen molar-refractivity contribution in [2.45, 2.75) is 129 Å². The Kier molecular flexibility index (Phi) is 15.9. The van der Waals surface area contributed by atoms with Gasteiger partial charge in [0.25, 0.3) is 0 Å². The van der Waals surface area contributed by atoms with Crippen molar-refractivity contribution in [1.29, 1.82) is 0 Å². The Hall–Kier alpha value is -1.10. The Morgan fingerprint density at radius 1 is 0.931 bits per heavy atom. The largest absolute Gasteiger partial charge is 0.445 e. The van der Waals surface area contributed by atoms with Crippen LogP contribution in [0.1, 0.15) is 117 Å². The van der Waals surface area contributed by atoms with Gasteiger partial charge in [-0.3, -0.25) is 15.5 Å². The molecule has 2 atom stereocenters. The van der Waals surface area contributed by atoms with E-state index in [0.29, 0.717) is 6.42 Å². The predicted molar refractivity (Wildman–Crippen MR) is 123 cm³/mol. The Morgan fingerprint density at radius 2 is 1.41 bits per heavy atom. The zero-order valence-corrected chi connectivity index (χ0v) is 19.2. The molecular weight excluding hydrogens is 362 g/mol. The second-order valence-electron chi connectivity index (χ2n) is 8.65. The molecule has 0 aromatic carbocycles. The molecule has 0 aromatic rings. The van der Waals surface area contributed by atoms with Crippen molar-refractivity contribution >= 4 is 12.3 Å². The maximum Gasteiger partial charge on any atom is 0.307 e. The van der Waals surface area contributed by atoms with Crippen LogP contribution in [0.15, 0.2) is 4.99 Å². The van der Waals surface area contributed by atoms with Crippen LogP contribution in [0.3, 0.4) is 0 Å². The van der Waals surface area contributed by atoms with E-state index >= 15 is 0 Å². The molecule has 0 saturated carbocycles. The summed E-state index contributed by atoms with van der Waals surface area (Å²) in [6.45, 7) is 5.90. The maximum absolute atomic E-state index is 12.0. The molecule has 0 saturated heterocycles. The number of nitrogens with two attached hydrogens (primary N) is 1. The van der Waals surface area contributed by atoms with E-state index in [9.17, 15) is 4.79 Å². The highest BCUT2D eigenvalue weighted by Gasteiger charge is 2.23. The quantitative estimate of drug-likeness (QED) is 0.166. The van der Waals surface area contributed by atoms with Crippen molar-refractivity contribution in [3.05, 3.63) is 0 Å². The van der Waals surface area contributed by atoms with Crippen molar-refractivity contribution in [2.24, 2.45) is 10.7 Å². The van der Waals surface area contributed by atoms with Gasteiger partial charge in [-0.25, -0.2) is 0 Å². The van der Waals surface area contributed by atoms with Gasteiger partial charge in [-0.15, -0.1) is 0 Å². The summed E-state index contributed by atoms with van der Waals surface area (Å²) in [5.41, 5.74) is 6.01. The van der Waals surface area contributed by atoms with E-state index in [1.807, 2.05) is 11.8 Å². The smallest absolute Gasteiger partial charge is 0.307 e. The second-order valence-corrected chi connectivity index (χ2v) is 8.65. The van der Waals surface area contributed by atoms with Gasteiger partial charge in [0.2, 0.25) is 0 Å². The highest BCUT2D eigenvalue weighted by Crippen LogP contribution is 2.14. The minimum absolute atomic E-state index is 0.0220. The van der Waals surface area contributed by atoms with Gasteiger partial charge in [0.15, 0.2) is 6.23 Å². The van der Waals surface area contributed by atoms with Gasteiger partial charge < -0.3 is 9.64 Å². The molecule has 0 fully saturated rings. The number of ether oxygens (including phenoxy) is 1. The molecule has 0 amide bonds. The summed E-state index contributed by atoms with van der Waals surface area (Å²) < 4.78 is 5.38. The van der Waals surface area contributed by atoms with E-state index in [-0.39, 0.29) is 12.0 Å². The standard InChI is InChI=1S/C24H47N3O2/c1-3-4-5-6-7-8-9-10-11-12-13-14-15-16-17-18-23(28)29-24(25)22(2)27-20-19-26-21-27/h21-22,24H,3-20,25H2,1-2H3. The minimum Gasteiger partial charge on any atom is -0.445 e. The average Bonchev–Trinajstić information content (AvgIpc) is 3.25. The zero-order chi connectivity index (χ0) is 21.2. The second kappa shape index (κ2) is 17.7. The fourth-order valence-electron chi connectivity index (χ4n) is 3.84. The molecule has 1 aliphatic rings. The van der Waals surface area contributed by atoms with Crippen molar-refractivity contribution < 1.29 is 9.53 Å². The minimum atomic E-state index is -0.580. The summed E-state index contributed by atoms with van der Waals surface area (Å²) in [6, 6.07) is -0.0220. The Bertz CT molecular complexity index is 428. The zero-order valence-electron chi connectivity index (χ0n) is 19.2. The summed E-state index contributed by atoms with van der Waals surface area (Å²) in [4.78, 5) is 18.2. The van der Waals surface area contributed by atoms with Gasteiger partial charge >= 0.3 is 5.97 Å². The van der Waals surface area contributed by atoms with Crippen molar-refractivity contribution in [3.63, 3.8) is 0 Å². The molecule has 1 rings (SSSR count). The van der Waals surface area contributed by atoms with Crippen molar-refractivity contribution in [2.75, 3.05) is 13.1 Å². The summed E-state index contributed by atoms with van der Waals surface area (Å²) in [5, 5.41) is 0. The number of nitrogens with zero attached hydrogens (tertiary/aromatic N) is 2. The van der Waals surface area contributed by atoms with Crippen LogP contribution < -0.4 is 5.73 Å². The monoisotopic (exact) mass is 409 g/mol. The van der Waals surface area contributed by atoms with Crippen LogP contribution >= 0.6 is 0 Å². The summed E-state index contributed by atoms with van der Waals surface area (Å²) in [7, 11) is 0. The molecule has 5 nitrogen and oxygen atoms in total. The Morgan fingerprint density at radius 3 is 1.86 bits per heavy atom. The lowest BCUT2D eigenvalue weighted by Gasteiger charge is -2.27. The molecule has 0 radical (unpaired) electrons. The van der Waals surface area contributed by atoms with Gasteiger partial charge in [0.05, 0.1) is 18.9 Å². The fourth-order valence-corrected chi connectivity index (χ4v) is 3.84. The molecule has 1 heterocycles. The normalized spacial score (nSPS) is 15.6. The maximum atomic E-state index is 12.0. The number of rotatable bonds is 19. The highest BCUT2D eigenvalue weighted by atomic mass is 16.6. The highest BCUT2D eigenvalue weighted by molar-refractivity contribution is 5.69. The molecule has 2 N–H and O–H groups in total. The summed E-state index contributed by atoms with van der Waals surface area (Å²) in [5.74, 6) is -0.171. The Balaban J connectivity index is 1.83. The number of carbonyl (C=O) groups is 1. The summed E-state index contributed by atoms with van der Waals surface area (Å²) in [6.07, 6.45) is 21.6. The molecule has 2 unspecified atom stereocenters. The third kappa shape index (κ3) is 13.7. The van der Waals surface area contributed by atoms with Gasteiger partial charge in [-0.05, 0) is 13.3 Å². The van der Waals surface area contributed by atoms with Crippen LogP contribution in [0, 0.1) is 0 Å². The molecule has 0 aliphatic carbocycles. The Labute approximate surface area is 179 Å². The first-order chi connectivity index (χ1) is 14.1. The molecule has 0 aromatic heterocycles. The number of hydrogen-bond donors (Lipinski definition) is 1. The lowest BCUT2D eigenvalue weighted by molar-refractivity contribution is -0.151. The van der Waals surface area contributed by atoms with Crippen LogP contribution in [0.5, 0.6) is 0 Å². The first kappa shape index (κ1) is 25.9. The van der Waals surface area contributed by atoms with E-state index in [4.69, 9.17) is 10.5 Å². The first-order valence-electron chi connectivity index (χ1n) is 12.4. The fraction of sp³-hybridized carbons (Fsp3) is 0.917. The van der Waals surface area contributed by atoms with Crippen LogP contribution in [0.4, 0.5) is 0 Å². The number of esters is 1. The first-order valence-corrected chi connectivity index (χ1v) is 12.4. The number of hydrogen-bond acceptors (Lipinski definition) is 5. The molecule has 29 heavy (non-hydrogen) atoms. The third-order valence-corrected chi connectivity index (χ3v) is 5.97. The lowest BCUT2D eigenvalue weighted by Crippen LogP contribution is -2.47. The SMILES string of the molecule is CCCCCCCCCCCCCCCCCC(=O)OC(N)C(C)N1C=NCC1. The van der Waals surface area contributed by atoms with E-state index in [1.54, 1.807) is 6.34 Å². The van der Waals surface area contributed by atoms with Crippen LogP contribution in [-0.4, -0.2) is 42.6 Å². The van der Waals surface area contributed by atoms with Crippen molar-refractivity contribution in [1.82, 2.24) is 4.90 Å². The van der Waals surface area contributed by atoms with Gasteiger partial charge in [0, 0.05) is 13.0 Å². The van der Waals surface area contributed by atoms with E-state index in [1.165, 1.54) is 83.5 Å². The summed E-state index contributed by atoms with van der Waals surface area (Å²) >= 11 is 0. The molecule has 170 valence electrons. The number of unbranched alkanes of at least 4 members (excludes halogenated alkanes) is 14. The third-order valence-electron chi connectivity index (χ3n) is 5.97. The topological polar surface area (TPSA) is 67.9 Å². The molecule has 0 spiro atoms. The number of aliphatic imine (C=N–C) groups is 1. The van der Waals surface area contributed by atoms with Gasteiger partial charge in [0.1, 0.15) is 0 Å². The number of carbonyl (C=O) groups excluding carboxylic acids is 1. The predicted octanol–water partition coefficient (Wildman–Crippen LogP) is 5.81. The lowest BCUT2D eigenvalue weighted by atomic mass is 10.0. The van der Waals surface area contributed by atoms with E-state index in [2.05, 4.69) is 11.9 Å². The van der Waals surface area contributed by atoms with Crippen LogP contribution in [0.2, 0.25) is 0 Å². The molecular formula is C24H47N3O2. The van der Waals surface area contributed by atoms with Gasteiger partial charge in [-0.2, -0.15) is 0 Å². The average molecular weight is 410 g/mol.